The van der Waals surface area contributed by atoms with Crippen molar-refractivity contribution in [2.75, 3.05) is 5.32 Å². The van der Waals surface area contributed by atoms with Gasteiger partial charge in [-0.25, -0.2) is 4.98 Å². The first kappa shape index (κ1) is 19.0. The number of amides is 1. The van der Waals surface area contributed by atoms with Gasteiger partial charge in [-0.1, -0.05) is 0 Å². The molecule has 32 heavy (non-hydrogen) atoms. The number of carbonyl (C=O) groups is 2. The highest BCUT2D eigenvalue weighted by Crippen LogP contribution is 2.60. The number of pyridine rings is 2. The van der Waals surface area contributed by atoms with Gasteiger partial charge < -0.3 is 14.8 Å². The number of nitrogens with zero attached hydrogens (tertiary/aromatic N) is 2. The Labute approximate surface area is 184 Å². The molecule has 0 radical (unpaired) electrons. The lowest BCUT2D eigenvalue weighted by molar-refractivity contribution is -0.116. The summed E-state index contributed by atoms with van der Waals surface area (Å²) in [6, 6.07) is 9.52. The monoisotopic (exact) mass is 427 g/mol. The Bertz CT molecular complexity index is 1270. The quantitative estimate of drug-likeness (QED) is 0.614. The van der Waals surface area contributed by atoms with Crippen molar-refractivity contribution in [2.45, 2.75) is 38.2 Å². The summed E-state index contributed by atoms with van der Waals surface area (Å²) in [7, 11) is 0. The van der Waals surface area contributed by atoms with Gasteiger partial charge in [0.25, 0.3) is 0 Å². The third-order valence-electron chi connectivity index (χ3n) is 6.42. The van der Waals surface area contributed by atoms with Crippen LogP contribution in [0.4, 0.5) is 5.82 Å². The molecule has 160 valence electrons. The summed E-state index contributed by atoms with van der Waals surface area (Å²) in [6.07, 6.45) is 6.52. The molecule has 1 fully saturated rings. The van der Waals surface area contributed by atoms with E-state index in [1.54, 1.807) is 18.6 Å². The van der Waals surface area contributed by atoms with Crippen LogP contribution in [0.1, 0.15) is 45.8 Å². The number of aromatic nitrogens is 2. The van der Waals surface area contributed by atoms with Gasteiger partial charge in [-0.05, 0) is 49.2 Å². The first-order chi connectivity index (χ1) is 15.6. The Kier molecular flexibility index (Phi) is 4.24. The third kappa shape index (κ3) is 3.21. The van der Waals surface area contributed by atoms with Crippen LogP contribution in [0.15, 0.2) is 48.9 Å². The van der Waals surface area contributed by atoms with Crippen LogP contribution in [-0.4, -0.2) is 27.8 Å². The average Bonchev–Trinajstić information content (AvgIpc) is 3.30. The number of hydrogen-bond acceptors (Lipinski definition) is 6. The molecule has 1 aromatic carbocycles. The molecule has 0 bridgehead atoms. The van der Waals surface area contributed by atoms with Gasteiger partial charge in [0, 0.05) is 60.0 Å². The summed E-state index contributed by atoms with van der Waals surface area (Å²) >= 11 is 0. The maximum Gasteiger partial charge on any atom is 0.225 e. The molecule has 0 spiro atoms. The number of anilines is 1. The highest BCUT2D eigenvalue weighted by Gasteiger charge is 2.59. The molecule has 1 N–H and O–H groups in total. The molecule has 2 aromatic heterocycles. The molecule has 3 aliphatic rings. The molecule has 0 saturated heterocycles. The van der Waals surface area contributed by atoms with Crippen molar-refractivity contribution in [2.24, 2.45) is 5.92 Å². The van der Waals surface area contributed by atoms with Gasteiger partial charge in [-0.3, -0.25) is 14.6 Å². The van der Waals surface area contributed by atoms with Gasteiger partial charge >= 0.3 is 0 Å². The van der Waals surface area contributed by atoms with Crippen molar-refractivity contribution in [3.63, 3.8) is 0 Å². The van der Waals surface area contributed by atoms with Crippen LogP contribution in [0.5, 0.6) is 17.2 Å². The van der Waals surface area contributed by atoms with Crippen LogP contribution >= 0.6 is 0 Å². The Balaban J connectivity index is 1.20. The first-order valence-electron chi connectivity index (χ1n) is 10.8. The van der Waals surface area contributed by atoms with E-state index < -0.39 is 0 Å². The number of hydrogen-bond donors (Lipinski definition) is 1. The normalized spacial score (nSPS) is 22.2. The largest absolute Gasteiger partial charge is 0.489 e. The zero-order valence-corrected chi connectivity index (χ0v) is 17.5. The zero-order valence-electron chi connectivity index (χ0n) is 17.5. The number of fused-ring (bicyclic) bond motifs is 4. The molecule has 3 atom stereocenters. The van der Waals surface area contributed by atoms with Crippen molar-refractivity contribution in [1.82, 2.24) is 9.97 Å². The lowest BCUT2D eigenvalue weighted by Crippen LogP contribution is -2.20. The van der Waals surface area contributed by atoms with Crippen molar-refractivity contribution in [1.29, 1.82) is 0 Å². The van der Waals surface area contributed by atoms with E-state index in [0.717, 1.165) is 22.4 Å². The number of benzene rings is 1. The van der Waals surface area contributed by atoms with E-state index in [4.69, 9.17) is 9.47 Å². The summed E-state index contributed by atoms with van der Waals surface area (Å²) in [4.78, 5) is 32.7. The Hall–Kier alpha value is -3.74. The van der Waals surface area contributed by atoms with Crippen molar-refractivity contribution in [3.8, 4) is 17.2 Å². The van der Waals surface area contributed by atoms with Crippen LogP contribution < -0.4 is 14.8 Å². The summed E-state index contributed by atoms with van der Waals surface area (Å²) in [6.45, 7) is 1.93. The molecule has 7 nitrogen and oxygen atoms in total. The van der Waals surface area contributed by atoms with Crippen LogP contribution in [0.3, 0.4) is 0 Å². The maximum absolute atomic E-state index is 12.7. The molecule has 0 unspecified atom stereocenters. The van der Waals surface area contributed by atoms with E-state index in [0.29, 0.717) is 42.1 Å². The minimum absolute atomic E-state index is 0.0290. The van der Waals surface area contributed by atoms with E-state index >= 15 is 0 Å². The molecular formula is C25H21N3O4. The molecule has 1 saturated carbocycles. The predicted octanol–water partition coefficient (Wildman–Crippen LogP) is 4.21. The fourth-order valence-corrected chi connectivity index (χ4v) is 4.78. The molecule has 1 amide bonds. The minimum Gasteiger partial charge on any atom is -0.489 e. The smallest absolute Gasteiger partial charge is 0.225 e. The number of ketones is 1. The van der Waals surface area contributed by atoms with Crippen molar-refractivity contribution in [3.05, 3.63) is 71.2 Å². The Morgan fingerprint density at radius 3 is 3.00 bits per heavy atom. The maximum atomic E-state index is 12.7. The van der Waals surface area contributed by atoms with E-state index in [9.17, 15) is 9.59 Å². The van der Waals surface area contributed by atoms with E-state index in [-0.39, 0.29) is 29.6 Å². The van der Waals surface area contributed by atoms with Gasteiger partial charge in [-0.2, -0.15) is 0 Å². The molecule has 7 heteroatoms. The lowest BCUT2D eigenvalue weighted by atomic mass is 10.0. The molecule has 1 aliphatic carbocycles. The van der Waals surface area contributed by atoms with Crippen LogP contribution in [-0.2, 0) is 11.2 Å². The van der Waals surface area contributed by atoms with E-state index in [2.05, 4.69) is 15.3 Å². The SMILES string of the molecule is Cc1cncc(C(=O)C[C@@H]2[C@H]3Oc4ccc(Oc5ccnc6c5CCC(=O)N6)cc4[C@@H]23)c1. The minimum atomic E-state index is -0.0290. The van der Waals surface area contributed by atoms with Gasteiger partial charge in [0.2, 0.25) is 5.91 Å². The van der Waals surface area contributed by atoms with Crippen LogP contribution in [0.25, 0.3) is 0 Å². The second-order valence-electron chi connectivity index (χ2n) is 8.64. The topological polar surface area (TPSA) is 90.4 Å². The van der Waals surface area contributed by atoms with Crippen LogP contribution in [0, 0.1) is 12.8 Å². The zero-order chi connectivity index (χ0) is 21.8. The van der Waals surface area contributed by atoms with Crippen molar-refractivity contribution < 1.29 is 19.1 Å². The Morgan fingerprint density at radius 2 is 2.12 bits per heavy atom. The molecule has 6 rings (SSSR count). The number of Topliss-reactive ketones (excluding diaryl/α,β-unsaturated/α-hetero) is 1. The fraction of sp³-hybridized carbons (Fsp3) is 0.280. The van der Waals surface area contributed by atoms with Gasteiger partial charge in [0.05, 0.1) is 0 Å². The Morgan fingerprint density at radius 1 is 1.22 bits per heavy atom. The van der Waals surface area contributed by atoms with Gasteiger partial charge in [0.1, 0.15) is 29.2 Å². The van der Waals surface area contributed by atoms with E-state index in [1.807, 2.05) is 37.3 Å². The molecule has 2 aliphatic heterocycles. The summed E-state index contributed by atoms with van der Waals surface area (Å²) in [5.74, 6) is 3.28. The molecule has 3 aromatic rings. The number of carbonyl (C=O) groups excluding carboxylic acids is 2. The second kappa shape index (κ2) is 7.15. The van der Waals surface area contributed by atoms with Gasteiger partial charge in [-0.15, -0.1) is 0 Å². The van der Waals surface area contributed by atoms with Gasteiger partial charge in [0.15, 0.2) is 5.78 Å². The van der Waals surface area contributed by atoms with Crippen molar-refractivity contribution >= 4 is 17.5 Å². The lowest BCUT2D eigenvalue weighted by Gasteiger charge is -2.19. The highest BCUT2D eigenvalue weighted by atomic mass is 16.5. The van der Waals surface area contributed by atoms with E-state index in [1.165, 1.54) is 0 Å². The summed E-state index contributed by atoms with van der Waals surface area (Å²) < 4.78 is 12.3. The highest BCUT2D eigenvalue weighted by molar-refractivity contribution is 5.96. The number of nitrogens with one attached hydrogen (secondary N) is 1. The summed E-state index contributed by atoms with van der Waals surface area (Å²) in [5.41, 5.74) is 3.63. The molecule has 4 heterocycles. The first-order valence-corrected chi connectivity index (χ1v) is 10.8. The number of rotatable bonds is 5. The average molecular weight is 427 g/mol. The summed E-state index contributed by atoms with van der Waals surface area (Å²) in [5, 5.41) is 2.80. The van der Waals surface area contributed by atoms with Crippen LogP contribution in [0.2, 0.25) is 0 Å². The standard InChI is InChI=1S/C25H21N3O4/c1-13-8-14(12-26-11-13)19(29)10-18-23-17-9-15(2-4-20(17)32-24(18)23)31-21-6-7-27-25-16(21)3-5-22(30)28-25/h2,4,6-9,11-12,18,23-24H,3,5,10H2,1H3,(H,27,28,30)/t18-,23-,24+/m0/s1. The third-order valence-corrected chi connectivity index (χ3v) is 6.42. The predicted molar refractivity (Wildman–Crippen MR) is 116 cm³/mol. The molecular weight excluding hydrogens is 406 g/mol. The second-order valence-corrected chi connectivity index (χ2v) is 8.64. The number of aryl methyl sites for hydroxylation is 1. The fourth-order valence-electron chi connectivity index (χ4n) is 4.78. The number of ether oxygens (including phenoxy) is 2.